The van der Waals surface area contributed by atoms with Crippen molar-refractivity contribution in [3.8, 4) is 0 Å². The summed E-state index contributed by atoms with van der Waals surface area (Å²) in [6.45, 7) is 2.29. The number of halogens is 2. The summed E-state index contributed by atoms with van der Waals surface area (Å²) in [6.07, 6.45) is 8.01. The summed E-state index contributed by atoms with van der Waals surface area (Å²) in [7, 11) is 0. The molecule has 0 spiro atoms. The molecule has 1 aliphatic rings. The van der Waals surface area contributed by atoms with Gasteiger partial charge in [-0.25, -0.2) is 0 Å². The van der Waals surface area contributed by atoms with E-state index in [9.17, 15) is 0 Å². The molecule has 1 aromatic carbocycles. The molecule has 1 aliphatic carbocycles. The first-order valence-corrected chi connectivity index (χ1v) is 8.08. The molecule has 3 heteroatoms. The Bertz CT molecular complexity index is 386. The van der Waals surface area contributed by atoms with Gasteiger partial charge in [-0.05, 0) is 59.7 Å². The summed E-state index contributed by atoms with van der Waals surface area (Å²) in [5.74, 6) is 0.954. The minimum atomic E-state index is 0.605. The van der Waals surface area contributed by atoms with E-state index in [1.807, 2.05) is 12.1 Å². The molecule has 0 aromatic heterocycles. The van der Waals surface area contributed by atoms with E-state index >= 15 is 0 Å². The van der Waals surface area contributed by atoms with Gasteiger partial charge >= 0.3 is 0 Å². The summed E-state index contributed by atoms with van der Waals surface area (Å²) in [5, 5.41) is 4.40. The fraction of sp³-hybridized carbons (Fsp3) is 0.600. The van der Waals surface area contributed by atoms with Crippen molar-refractivity contribution in [2.24, 2.45) is 5.92 Å². The van der Waals surface area contributed by atoms with Gasteiger partial charge < -0.3 is 5.32 Å². The van der Waals surface area contributed by atoms with Crippen molar-refractivity contribution in [1.82, 2.24) is 0 Å². The van der Waals surface area contributed by atoms with E-state index in [2.05, 4.69) is 34.2 Å². The first-order valence-electron chi connectivity index (χ1n) is 6.91. The second-order valence-corrected chi connectivity index (χ2v) is 6.45. The smallest absolute Gasteiger partial charge is 0.0593 e. The van der Waals surface area contributed by atoms with Crippen LogP contribution in [0, 0.1) is 5.92 Å². The molecule has 1 saturated carbocycles. The second-order valence-electron chi connectivity index (χ2n) is 5.25. The summed E-state index contributed by atoms with van der Waals surface area (Å²) in [6, 6.07) is 6.61. The van der Waals surface area contributed by atoms with Crippen molar-refractivity contribution in [1.29, 1.82) is 0 Å². The van der Waals surface area contributed by atoms with Crippen LogP contribution in [0.4, 0.5) is 5.69 Å². The van der Waals surface area contributed by atoms with E-state index in [1.54, 1.807) is 0 Å². The van der Waals surface area contributed by atoms with Crippen molar-refractivity contribution < 1.29 is 0 Å². The normalized spacial score (nSPS) is 23.9. The van der Waals surface area contributed by atoms with E-state index in [4.69, 9.17) is 11.6 Å². The Morgan fingerprint density at radius 3 is 2.67 bits per heavy atom. The topological polar surface area (TPSA) is 12.0 Å². The Labute approximate surface area is 123 Å². The number of hydrogen-bond acceptors (Lipinski definition) is 1. The van der Waals surface area contributed by atoms with Crippen LogP contribution < -0.4 is 5.32 Å². The van der Waals surface area contributed by atoms with Crippen LogP contribution in [0.5, 0.6) is 0 Å². The van der Waals surface area contributed by atoms with Crippen LogP contribution in [0.1, 0.15) is 45.4 Å². The molecule has 0 radical (unpaired) electrons. The van der Waals surface area contributed by atoms with Crippen molar-refractivity contribution >= 4 is 33.2 Å². The van der Waals surface area contributed by atoms with E-state index in [0.717, 1.165) is 21.1 Å². The fourth-order valence-corrected chi connectivity index (χ4v) is 3.39. The molecule has 0 aliphatic heterocycles. The van der Waals surface area contributed by atoms with Crippen molar-refractivity contribution in [2.75, 3.05) is 5.32 Å². The molecule has 1 nitrogen and oxygen atoms in total. The van der Waals surface area contributed by atoms with E-state index in [1.165, 1.54) is 38.5 Å². The highest BCUT2D eigenvalue weighted by Crippen LogP contribution is 2.34. The van der Waals surface area contributed by atoms with Crippen LogP contribution in [0.2, 0.25) is 5.02 Å². The van der Waals surface area contributed by atoms with Gasteiger partial charge in [-0.15, -0.1) is 0 Å². The Balaban J connectivity index is 1.90. The van der Waals surface area contributed by atoms with Gasteiger partial charge in [0.1, 0.15) is 0 Å². The highest BCUT2D eigenvalue weighted by Gasteiger charge is 2.20. The van der Waals surface area contributed by atoms with Crippen LogP contribution in [0.25, 0.3) is 0 Å². The van der Waals surface area contributed by atoms with Crippen molar-refractivity contribution in [3.05, 3.63) is 27.7 Å². The third kappa shape index (κ3) is 3.64. The molecule has 18 heavy (non-hydrogen) atoms. The lowest BCUT2D eigenvalue weighted by Gasteiger charge is -2.30. The predicted molar refractivity (Wildman–Crippen MR) is 83.4 cm³/mol. The Hall–Kier alpha value is -0.210. The van der Waals surface area contributed by atoms with Crippen LogP contribution in [0.15, 0.2) is 22.7 Å². The molecule has 0 heterocycles. The van der Waals surface area contributed by atoms with Crippen LogP contribution >= 0.6 is 27.5 Å². The highest BCUT2D eigenvalue weighted by molar-refractivity contribution is 9.10. The van der Waals surface area contributed by atoms with Crippen LogP contribution in [-0.4, -0.2) is 6.04 Å². The van der Waals surface area contributed by atoms with Gasteiger partial charge in [0.05, 0.1) is 15.2 Å². The number of nitrogens with one attached hydrogen (secondary N) is 1. The Morgan fingerprint density at radius 1 is 1.28 bits per heavy atom. The summed E-state index contributed by atoms with van der Waals surface area (Å²) in [5.41, 5.74) is 1.13. The maximum atomic E-state index is 6.11. The molecule has 0 saturated heterocycles. The molecular weight excluding hydrogens is 310 g/mol. The van der Waals surface area contributed by atoms with Gasteiger partial charge in [-0.2, -0.15) is 0 Å². The van der Waals surface area contributed by atoms with Crippen LogP contribution in [-0.2, 0) is 0 Å². The summed E-state index contributed by atoms with van der Waals surface area (Å²) < 4.78 is 0.988. The lowest BCUT2D eigenvalue weighted by molar-refractivity contribution is 0.319. The van der Waals surface area contributed by atoms with Gasteiger partial charge in [0.15, 0.2) is 0 Å². The Morgan fingerprint density at radius 2 is 2.00 bits per heavy atom. The minimum Gasteiger partial charge on any atom is -0.381 e. The maximum Gasteiger partial charge on any atom is 0.0593 e. The fourth-order valence-electron chi connectivity index (χ4n) is 2.84. The lowest BCUT2D eigenvalue weighted by Crippen LogP contribution is -2.26. The number of rotatable bonds is 4. The summed E-state index contributed by atoms with van der Waals surface area (Å²) in [4.78, 5) is 0. The van der Waals surface area contributed by atoms with E-state index < -0.39 is 0 Å². The molecule has 1 fully saturated rings. The maximum absolute atomic E-state index is 6.11. The zero-order chi connectivity index (χ0) is 13.0. The van der Waals surface area contributed by atoms with Crippen molar-refractivity contribution in [2.45, 2.75) is 51.5 Å². The molecule has 0 atom stereocenters. The van der Waals surface area contributed by atoms with Gasteiger partial charge in [0, 0.05) is 6.04 Å². The SMILES string of the molecule is CCCC1CCC(Nc2cccc(Cl)c2Br)CC1. The van der Waals surface area contributed by atoms with E-state index in [-0.39, 0.29) is 0 Å². The molecular formula is C15H21BrClN. The van der Waals surface area contributed by atoms with Gasteiger partial charge in [-0.3, -0.25) is 0 Å². The third-order valence-electron chi connectivity index (χ3n) is 3.85. The third-order valence-corrected chi connectivity index (χ3v) is 5.25. The first kappa shape index (κ1) is 14.2. The van der Waals surface area contributed by atoms with Crippen LogP contribution in [0.3, 0.4) is 0 Å². The molecule has 0 bridgehead atoms. The Kier molecular flexibility index (Phi) is 5.38. The monoisotopic (exact) mass is 329 g/mol. The predicted octanol–water partition coefficient (Wildman–Crippen LogP) is 5.87. The quantitative estimate of drug-likeness (QED) is 0.727. The van der Waals surface area contributed by atoms with E-state index in [0.29, 0.717) is 6.04 Å². The zero-order valence-electron chi connectivity index (χ0n) is 10.9. The average Bonchev–Trinajstić information content (AvgIpc) is 2.38. The highest BCUT2D eigenvalue weighted by atomic mass is 79.9. The van der Waals surface area contributed by atoms with Gasteiger partial charge in [0.25, 0.3) is 0 Å². The van der Waals surface area contributed by atoms with Crippen molar-refractivity contribution in [3.63, 3.8) is 0 Å². The lowest BCUT2D eigenvalue weighted by atomic mass is 9.83. The molecule has 0 unspecified atom stereocenters. The minimum absolute atomic E-state index is 0.605. The molecule has 2 rings (SSSR count). The second kappa shape index (κ2) is 6.81. The molecule has 1 N–H and O–H groups in total. The standard InChI is InChI=1S/C15H21BrClN/c1-2-4-11-7-9-12(10-8-11)18-14-6-3-5-13(17)15(14)16/h3,5-6,11-12,18H,2,4,7-10H2,1H3. The number of anilines is 1. The molecule has 1 aromatic rings. The molecule has 0 amide bonds. The number of benzene rings is 1. The number of hydrogen-bond donors (Lipinski definition) is 1. The van der Waals surface area contributed by atoms with Gasteiger partial charge in [0.2, 0.25) is 0 Å². The van der Waals surface area contributed by atoms with Gasteiger partial charge in [-0.1, -0.05) is 37.4 Å². The first-order chi connectivity index (χ1) is 8.70. The molecule has 100 valence electrons. The zero-order valence-corrected chi connectivity index (χ0v) is 13.2. The average molecular weight is 331 g/mol. The largest absolute Gasteiger partial charge is 0.381 e. The summed E-state index contributed by atoms with van der Waals surface area (Å²) >= 11 is 9.66.